The number of pyridine rings is 1. The highest BCUT2D eigenvalue weighted by molar-refractivity contribution is 7.89. The Balaban J connectivity index is 2.07. The largest absolute Gasteiger partial charge is 0.373 e. The van der Waals surface area contributed by atoms with Crippen LogP contribution in [0, 0.1) is 0 Å². The molecular weight excluding hydrogens is 276 g/mol. The molecule has 112 valence electrons. The van der Waals surface area contributed by atoms with Gasteiger partial charge in [0.05, 0.1) is 0 Å². The Hall–Kier alpha value is -1.18. The van der Waals surface area contributed by atoms with Crippen molar-refractivity contribution in [2.24, 2.45) is 0 Å². The third-order valence-corrected chi connectivity index (χ3v) is 5.34. The molecule has 2 N–H and O–H groups in total. The van der Waals surface area contributed by atoms with Crippen LogP contribution in [-0.4, -0.2) is 51.0 Å². The molecule has 7 heteroatoms. The monoisotopic (exact) mass is 298 g/mol. The zero-order valence-electron chi connectivity index (χ0n) is 12.1. The van der Waals surface area contributed by atoms with E-state index in [1.165, 1.54) is 6.20 Å². The van der Waals surface area contributed by atoms with Gasteiger partial charge in [0.15, 0.2) is 0 Å². The molecule has 0 saturated carbocycles. The molecule has 0 aliphatic carbocycles. The van der Waals surface area contributed by atoms with Gasteiger partial charge < -0.3 is 10.2 Å². The fourth-order valence-corrected chi connectivity index (χ4v) is 3.60. The molecule has 0 aromatic carbocycles. The van der Waals surface area contributed by atoms with Gasteiger partial charge in [0, 0.05) is 25.3 Å². The molecule has 0 radical (unpaired) electrons. The van der Waals surface area contributed by atoms with Crippen molar-refractivity contribution >= 4 is 15.8 Å². The Labute approximate surface area is 120 Å². The standard InChI is InChI=1S/C13H22N4O2S/c1-10-8-11(6-7-17(10)3)16-20(18,19)12-4-5-13(14-2)15-9-12/h4-5,9-11,16H,6-8H2,1-3H3,(H,14,15). The van der Waals surface area contributed by atoms with Crippen LogP contribution in [0.15, 0.2) is 23.2 Å². The summed E-state index contributed by atoms with van der Waals surface area (Å²) in [6.45, 7) is 3.02. The molecule has 0 bridgehead atoms. The van der Waals surface area contributed by atoms with Crippen molar-refractivity contribution in [2.45, 2.75) is 36.7 Å². The zero-order valence-corrected chi connectivity index (χ0v) is 12.9. The van der Waals surface area contributed by atoms with Crippen LogP contribution in [0.25, 0.3) is 0 Å². The lowest BCUT2D eigenvalue weighted by Crippen LogP contribution is -2.47. The first-order valence-corrected chi connectivity index (χ1v) is 8.27. The Kier molecular flexibility index (Phi) is 4.62. The van der Waals surface area contributed by atoms with Gasteiger partial charge in [0.2, 0.25) is 10.0 Å². The van der Waals surface area contributed by atoms with Crippen molar-refractivity contribution in [2.75, 3.05) is 26.0 Å². The SMILES string of the molecule is CNc1ccc(S(=O)(=O)NC2CCN(C)C(C)C2)cn1. The maximum atomic E-state index is 12.3. The number of aromatic nitrogens is 1. The quantitative estimate of drug-likeness (QED) is 0.863. The molecule has 2 unspecified atom stereocenters. The second-order valence-electron chi connectivity index (χ2n) is 5.30. The molecular formula is C13H22N4O2S. The first-order chi connectivity index (χ1) is 9.42. The van der Waals surface area contributed by atoms with Crippen LogP contribution in [0.3, 0.4) is 0 Å². The number of piperidine rings is 1. The Morgan fingerprint density at radius 3 is 2.70 bits per heavy atom. The van der Waals surface area contributed by atoms with Crippen molar-refractivity contribution in [3.63, 3.8) is 0 Å². The molecule has 2 atom stereocenters. The fourth-order valence-electron chi connectivity index (χ4n) is 2.37. The minimum atomic E-state index is -3.48. The molecule has 0 amide bonds. The van der Waals surface area contributed by atoms with Gasteiger partial charge >= 0.3 is 0 Å². The molecule has 20 heavy (non-hydrogen) atoms. The highest BCUT2D eigenvalue weighted by Gasteiger charge is 2.27. The van der Waals surface area contributed by atoms with Crippen molar-refractivity contribution < 1.29 is 8.42 Å². The van der Waals surface area contributed by atoms with Gasteiger partial charge in [-0.05, 0) is 45.5 Å². The number of anilines is 1. The minimum absolute atomic E-state index is 0.00447. The van der Waals surface area contributed by atoms with Crippen LogP contribution >= 0.6 is 0 Å². The summed E-state index contributed by atoms with van der Waals surface area (Å²) in [6, 6.07) is 3.61. The van der Waals surface area contributed by atoms with E-state index < -0.39 is 10.0 Å². The van der Waals surface area contributed by atoms with Gasteiger partial charge in [-0.2, -0.15) is 0 Å². The number of hydrogen-bond acceptors (Lipinski definition) is 5. The summed E-state index contributed by atoms with van der Waals surface area (Å²) in [6.07, 6.45) is 3.05. The van der Waals surface area contributed by atoms with Crippen LogP contribution in [0.1, 0.15) is 19.8 Å². The first-order valence-electron chi connectivity index (χ1n) is 6.79. The molecule has 2 heterocycles. The van der Waals surface area contributed by atoms with Crippen LogP contribution in [0.4, 0.5) is 5.82 Å². The predicted octanol–water partition coefficient (Wildman–Crippen LogP) is 0.884. The number of hydrogen-bond donors (Lipinski definition) is 2. The van der Waals surface area contributed by atoms with Crippen LogP contribution in [-0.2, 0) is 10.0 Å². The van der Waals surface area contributed by atoms with Gasteiger partial charge in [-0.1, -0.05) is 0 Å². The highest BCUT2D eigenvalue weighted by atomic mass is 32.2. The molecule has 1 saturated heterocycles. The molecule has 1 aliphatic rings. The van der Waals surface area contributed by atoms with Crippen LogP contribution < -0.4 is 10.0 Å². The maximum absolute atomic E-state index is 12.3. The smallest absolute Gasteiger partial charge is 0.242 e. The van der Waals surface area contributed by atoms with E-state index >= 15 is 0 Å². The van der Waals surface area contributed by atoms with Crippen molar-refractivity contribution in [1.29, 1.82) is 0 Å². The second kappa shape index (κ2) is 6.07. The molecule has 1 aromatic heterocycles. The topological polar surface area (TPSA) is 74.3 Å². The Morgan fingerprint density at radius 1 is 1.40 bits per heavy atom. The van der Waals surface area contributed by atoms with Gasteiger partial charge in [-0.25, -0.2) is 18.1 Å². The average Bonchev–Trinajstić information content (AvgIpc) is 2.43. The maximum Gasteiger partial charge on any atom is 0.242 e. The van der Waals surface area contributed by atoms with Gasteiger partial charge in [-0.3, -0.25) is 0 Å². The summed E-state index contributed by atoms with van der Waals surface area (Å²) in [4.78, 5) is 6.50. The second-order valence-corrected chi connectivity index (χ2v) is 7.02. The lowest BCUT2D eigenvalue weighted by Gasteiger charge is -2.35. The first kappa shape index (κ1) is 15.2. The summed E-state index contributed by atoms with van der Waals surface area (Å²) in [7, 11) is 0.325. The Morgan fingerprint density at radius 2 is 2.15 bits per heavy atom. The number of likely N-dealkylation sites (tertiary alicyclic amines) is 1. The summed E-state index contributed by atoms with van der Waals surface area (Å²) in [5.41, 5.74) is 0. The lowest BCUT2D eigenvalue weighted by molar-refractivity contribution is 0.178. The molecule has 1 aliphatic heterocycles. The van der Waals surface area contributed by atoms with Gasteiger partial charge in [-0.15, -0.1) is 0 Å². The summed E-state index contributed by atoms with van der Waals surface area (Å²) in [5.74, 6) is 0.650. The molecule has 1 fully saturated rings. The highest BCUT2D eigenvalue weighted by Crippen LogP contribution is 2.18. The number of nitrogens with one attached hydrogen (secondary N) is 2. The van der Waals surface area contributed by atoms with E-state index in [1.54, 1.807) is 19.2 Å². The molecule has 1 aromatic rings. The van der Waals surface area contributed by atoms with Gasteiger partial charge in [0.1, 0.15) is 10.7 Å². The fraction of sp³-hybridized carbons (Fsp3) is 0.615. The molecule has 6 nitrogen and oxygen atoms in total. The minimum Gasteiger partial charge on any atom is -0.373 e. The Bertz CT molecular complexity index is 544. The lowest BCUT2D eigenvalue weighted by atomic mass is 10.0. The van der Waals surface area contributed by atoms with Crippen molar-refractivity contribution in [1.82, 2.24) is 14.6 Å². The summed E-state index contributed by atoms with van der Waals surface area (Å²) >= 11 is 0. The van der Waals surface area contributed by atoms with E-state index in [0.29, 0.717) is 11.9 Å². The van der Waals surface area contributed by atoms with Crippen LogP contribution in [0.2, 0.25) is 0 Å². The average molecular weight is 298 g/mol. The normalized spacial score (nSPS) is 24.6. The predicted molar refractivity (Wildman–Crippen MR) is 79.2 cm³/mol. The number of nitrogens with zero attached hydrogens (tertiary/aromatic N) is 2. The van der Waals surface area contributed by atoms with Gasteiger partial charge in [0.25, 0.3) is 0 Å². The third kappa shape index (κ3) is 3.47. The zero-order chi connectivity index (χ0) is 14.8. The number of rotatable bonds is 4. The third-order valence-electron chi connectivity index (χ3n) is 3.83. The van der Waals surface area contributed by atoms with E-state index in [4.69, 9.17) is 0 Å². The van der Waals surface area contributed by atoms with E-state index in [9.17, 15) is 8.42 Å². The van der Waals surface area contributed by atoms with Crippen molar-refractivity contribution in [3.8, 4) is 0 Å². The number of sulfonamides is 1. The van der Waals surface area contributed by atoms with E-state index in [0.717, 1.165) is 19.4 Å². The van der Waals surface area contributed by atoms with E-state index in [2.05, 4.69) is 33.9 Å². The summed E-state index contributed by atoms with van der Waals surface area (Å²) < 4.78 is 27.4. The van der Waals surface area contributed by atoms with E-state index in [-0.39, 0.29) is 10.9 Å². The summed E-state index contributed by atoms with van der Waals surface area (Å²) in [5, 5.41) is 2.87. The van der Waals surface area contributed by atoms with Crippen LogP contribution in [0.5, 0.6) is 0 Å². The molecule has 0 spiro atoms. The van der Waals surface area contributed by atoms with E-state index in [1.807, 2.05) is 0 Å². The molecule has 2 rings (SSSR count). The van der Waals surface area contributed by atoms with Crippen molar-refractivity contribution in [3.05, 3.63) is 18.3 Å².